The first kappa shape index (κ1) is 24.2. The summed E-state index contributed by atoms with van der Waals surface area (Å²) in [6.07, 6.45) is -1.24. The zero-order valence-corrected chi connectivity index (χ0v) is 19.0. The molecule has 2 heterocycles. The van der Waals surface area contributed by atoms with E-state index in [4.69, 9.17) is 4.74 Å². The monoisotopic (exact) mass is 501 g/mol. The molecule has 4 rings (SSSR count). The molecule has 1 saturated carbocycles. The summed E-state index contributed by atoms with van der Waals surface area (Å²) in [4.78, 5) is 18.1. The number of nitrogens with one attached hydrogen (secondary N) is 1. The van der Waals surface area contributed by atoms with Gasteiger partial charge >= 0.3 is 6.18 Å². The molecule has 2 fully saturated rings. The molecule has 7 nitrogen and oxygen atoms in total. The van der Waals surface area contributed by atoms with Gasteiger partial charge in [-0.3, -0.25) is 4.79 Å². The Hall–Kier alpha value is -2.89. The Morgan fingerprint density at radius 1 is 1.24 bits per heavy atom. The zero-order chi connectivity index (χ0) is 24.7. The minimum absolute atomic E-state index is 0.130. The third-order valence-electron chi connectivity index (χ3n) is 5.89. The number of nitrogens with zero attached hydrogens (tertiary/aromatic N) is 2. The van der Waals surface area contributed by atoms with Crippen LogP contribution in [0.1, 0.15) is 47.2 Å². The lowest BCUT2D eigenvalue weighted by Crippen LogP contribution is -2.35. The fraction of sp³-hybridized carbons (Fsp3) is 0.455. The maximum absolute atomic E-state index is 14.6. The lowest BCUT2D eigenvalue weighted by Gasteiger charge is -2.26. The molecule has 1 aliphatic heterocycles. The Balaban J connectivity index is 1.42. The molecule has 0 unspecified atom stereocenters. The Morgan fingerprint density at radius 3 is 2.59 bits per heavy atom. The van der Waals surface area contributed by atoms with Gasteiger partial charge in [0.1, 0.15) is 24.0 Å². The number of ether oxygens (including phenoxy) is 1. The molecular weight excluding hydrogens is 478 g/mol. The summed E-state index contributed by atoms with van der Waals surface area (Å²) in [6.45, 7) is 2.32. The highest BCUT2D eigenvalue weighted by atomic mass is 32.2. The van der Waals surface area contributed by atoms with Crippen molar-refractivity contribution in [2.75, 3.05) is 18.1 Å². The van der Waals surface area contributed by atoms with Crippen LogP contribution in [0.25, 0.3) is 0 Å². The van der Waals surface area contributed by atoms with Crippen LogP contribution in [0.15, 0.2) is 30.5 Å². The molecule has 2 aromatic rings. The van der Waals surface area contributed by atoms with Crippen molar-refractivity contribution in [2.24, 2.45) is 0 Å². The molecular formula is C22H23F4N3O4S. The summed E-state index contributed by atoms with van der Waals surface area (Å²) in [7, 11) is -3.81. The number of carbonyl (C=O) groups is 1. The molecule has 12 heteroatoms. The van der Waals surface area contributed by atoms with Gasteiger partial charge in [-0.05, 0) is 56.4 Å². The van der Waals surface area contributed by atoms with Crippen LogP contribution in [0.3, 0.4) is 0 Å². The summed E-state index contributed by atoms with van der Waals surface area (Å²) in [5.74, 6) is -1.37. The summed E-state index contributed by atoms with van der Waals surface area (Å²) >= 11 is 0. The van der Waals surface area contributed by atoms with Crippen LogP contribution in [0.5, 0.6) is 5.75 Å². The van der Waals surface area contributed by atoms with Crippen molar-refractivity contribution in [3.8, 4) is 5.75 Å². The van der Waals surface area contributed by atoms with Crippen molar-refractivity contribution in [3.63, 3.8) is 0 Å². The normalized spacial score (nSPS) is 18.7. The lowest BCUT2D eigenvalue weighted by atomic mass is 10.1. The number of carbonyl (C=O) groups excluding carboxylic acids is 1. The van der Waals surface area contributed by atoms with Gasteiger partial charge in [0.2, 0.25) is 10.0 Å². The number of amides is 1. The number of aromatic nitrogens is 1. The highest BCUT2D eigenvalue weighted by Gasteiger charge is 2.37. The molecule has 1 saturated heterocycles. The van der Waals surface area contributed by atoms with E-state index >= 15 is 0 Å². The maximum Gasteiger partial charge on any atom is 0.417 e. The number of benzene rings is 1. The van der Waals surface area contributed by atoms with Crippen LogP contribution >= 0.6 is 0 Å². The molecule has 0 spiro atoms. The van der Waals surface area contributed by atoms with Gasteiger partial charge in [0.25, 0.3) is 5.91 Å². The number of hydrogen-bond acceptors (Lipinski definition) is 6. The van der Waals surface area contributed by atoms with E-state index in [1.165, 1.54) is 12.1 Å². The molecule has 0 radical (unpaired) electrons. The van der Waals surface area contributed by atoms with Crippen LogP contribution in [-0.2, 0) is 16.2 Å². The number of pyridine rings is 1. The Labute approximate surface area is 194 Å². The third-order valence-corrected chi connectivity index (χ3v) is 7.70. The number of halogens is 4. The average Bonchev–Trinajstić information content (AvgIpc) is 3.53. The standard InChI is InChI=1S/C22H23F4N3O4S/c1-13-9-17(21(30)28-34(31,32)16-5-6-16)18(23)10-19(13)33-12-15-3-2-8-29(15)20-7-4-14(11-27-20)22(24,25)26/h4,7,9-11,15-16H,2-3,5-6,8,12H2,1H3,(H,28,30)/t15-/m1/s1. The highest BCUT2D eigenvalue weighted by molar-refractivity contribution is 7.91. The number of alkyl halides is 3. The fourth-order valence-electron chi connectivity index (χ4n) is 3.86. The predicted octanol–water partition coefficient (Wildman–Crippen LogP) is 3.82. The summed E-state index contributed by atoms with van der Waals surface area (Å²) in [5.41, 5.74) is -0.790. The van der Waals surface area contributed by atoms with Crippen LogP contribution < -0.4 is 14.4 Å². The number of aryl methyl sites for hydroxylation is 1. The molecule has 1 N–H and O–H groups in total. The summed E-state index contributed by atoms with van der Waals surface area (Å²) in [5, 5.41) is -0.614. The highest BCUT2D eigenvalue weighted by Crippen LogP contribution is 2.32. The number of anilines is 1. The van der Waals surface area contributed by atoms with Gasteiger partial charge in [0.15, 0.2) is 0 Å². The molecule has 184 valence electrons. The average molecular weight is 502 g/mol. The Kier molecular flexibility index (Phi) is 6.45. The largest absolute Gasteiger partial charge is 0.491 e. The van der Waals surface area contributed by atoms with Crippen molar-refractivity contribution < 1.29 is 35.5 Å². The Bertz CT molecular complexity index is 1180. The first-order valence-corrected chi connectivity index (χ1v) is 12.3. The van der Waals surface area contributed by atoms with E-state index in [-0.39, 0.29) is 18.4 Å². The molecule has 2 aliphatic rings. The van der Waals surface area contributed by atoms with Crippen molar-refractivity contribution >= 4 is 21.7 Å². The quantitative estimate of drug-likeness (QED) is 0.581. The zero-order valence-electron chi connectivity index (χ0n) is 18.2. The van der Waals surface area contributed by atoms with Crippen LogP contribution in [0, 0.1) is 12.7 Å². The summed E-state index contributed by atoms with van der Waals surface area (Å²) < 4.78 is 84.6. The van der Waals surface area contributed by atoms with Gasteiger partial charge in [0.05, 0.1) is 22.4 Å². The van der Waals surface area contributed by atoms with E-state index in [0.717, 1.165) is 24.8 Å². The molecule has 1 aromatic carbocycles. The minimum atomic E-state index is -4.47. The molecule has 1 atom stereocenters. The van der Waals surface area contributed by atoms with Gasteiger partial charge in [-0.15, -0.1) is 0 Å². The van der Waals surface area contributed by atoms with Crippen LogP contribution in [0.4, 0.5) is 23.4 Å². The van der Waals surface area contributed by atoms with Gasteiger partial charge in [-0.2, -0.15) is 13.2 Å². The molecule has 1 amide bonds. The molecule has 34 heavy (non-hydrogen) atoms. The van der Waals surface area contributed by atoms with Gasteiger partial charge < -0.3 is 9.64 Å². The van der Waals surface area contributed by atoms with E-state index in [1.807, 2.05) is 9.62 Å². The van der Waals surface area contributed by atoms with Crippen molar-refractivity contribution in [3.05, 3.63) is 53.0 Å². The van der Waals surface area contributed by atoms with Gasteiger partial charge in [0, 0.05) is 18.8 Å². The first-order valence-electron chi connectivity index (χ1n) is 10.7. The van der Waals surface area contributed by atoms with Gasteiger partial charge in [-0.1, -0.05) is 0 Å². The van der Waals surface area contributed by atoms with Crippen molar-refractivity contribution in [1.29, 1.82) is 0 Å². The number of sulfonamides is 1. The van der Waals surface area contributed by atoms with Gasteiger partial charge in [-0.25, -0.2) is 22.5 Å². The maximum atomic E-state index is 14.6. The van der Waals surface area contributed by atoms with Crippen molar-refractivity contribution in [1.82, 2.24) is 9.71 Å². The number of rotatable bonds is 7. The second-order valence-electron chi connectivity index (χ2n) is 8.48. The minimum Gasteiger partial charge on any atom is -0.491 e. The van der Waals surface area contributed by atoms with Crippen LogP contribution in [-0.4, -0.2) is 43.8 Å². The topological polar surface area (TPSA) is 88.6 Å². The SMILES string of the molecule is Cc1cc(C(=O)NS(=O)(=O)C2CC2)c(F)cc1OC[C@H]1CCCN1c1ccc(C(F)(F)F)cn1. The Morgan fingerprint density at radius 2 is 1.97 bits per heavy atom. The molecule has 0 bridgehead atoms. The van der Waals surface area contributed by atoms with E-state index < -0.39 is 44.3 Å². The molecule has 1 aliphatic carbocycles. The first-order chi connectivity index (χ1) is 16.0. The fourth-order valence-corrected chi connectivity index (χ4v) is 5.15. The second-order valence-corrected chi connectivity index (χ2v) is 10.4. The second kappa shape index (κ2) is 9.05. The van der Waals surface area contributed by atoms with E-state index in [1.54, 1.807) is 6.92 Å². The van der Waals surface area contributed by atoms with E-state index in [9.17, 15) is 30.8 Å². The predicted molar refractivity (Wildman–Crippen MR) is 116 cm³/mol. The summed E-state index contributed by atoms with van der Waals surface area (Å²) in [6, 6.07) is 4.37. The lowest BCUT2D eigenvalue weighted by molar-refractivity contribution is -0.137. The third kappa shape index (κ3) is 5.26. The molecule has 1 aromatic heterocycles. The van der Waals surface area contributed by atoms with E-state index in [2.05, 4.69) is 4.98 Å². The van der Waals surface area contributed by atoms with Crippen molar-refractivity contribution in [2.45, 2.75) is 50.1 Å². The van der Waals surface area contributed by atoms with Crippen LogP contribution in [0.2, 0.25) is 0 Å². The number of hydrogen-bond donors (Lipinski definition) is 1. The van der Waals surface area contributed by atoms with E-state index in [0.29, 0.717) is 37.2 Å². The smallest absolute Gasteiger partial charge is 0.417 e.